The van der Waals surface area contributed by atoms with Crippen molar-refractivity contribution in [1.82, 2.24) is 0 Å². The molecule has 0 aliphatic rings. The zero-order valence-corrected chi connectivity index (χ0v) is 19.8. The van der Waals surface area contributed by atoms with Gasteiger partial charge in [0.2, 0.25) is 0 Å². The first kappa shape index (κ1) is 40.6. The van der Waals surface area contributed by atoms with Crippen molar-refractivity contribution in [3.8, 4) is 0 Å². The minimum Gasteiger partial charge on any atom is -0.465 e. The average molecular weight is 696 g/mol. The maximum atomic E-state index is 13.8. The van der Waals surface area contributed by atoms with E-state index in [1.54, 1.807) is 0 Å². The Hall–Kier alpha value is -2.40. The maximum absolute atomic E-state index is 13.8. The number of alkyl halides is 23. The van der Waals surface area contributed by atoms with E-state index in [9.17, 15) is 106 Å². The van der Waals surface area contributed by atoms with Gasteiger partial charge in [0.1, 0.15) is 0 Å². The predicted octanol–water partition coefficient (Wildman–Crippen LogP) is 8.80. The number of hydrogen-bond donors (Lipinski definition) is 0. The summed E-state index contributed by atoms with van der Waals surface area (Å²) in [7, 11) is 0. The van der Waals surface area contributed by atoms with Gasteiger partial charge in [0.05, 0.1) is 19.4 Å². The van der Waals surface area contributed by atoms with Gasteiger partial charge >= 0.3 is 71.4 Å². The van der Waals surface area contributed by atoms with Gasteiger partial charge in [-0.3, -0.25) is 4.79 Å². The Labute approximate surface area is 221 Å². The van der Waals surface area contributed by atoms with Crippen LogP contribution in [0.4, 0.5) is 101 Å². The van der Waals surface area contributed by atoms with Gasteiger partial charge in [-0.15, -0.1) is 0 Å². The van der Waals surface area contributed by atoms with E-state index in [0.29, 0.717) is 0 Å². The molecule has 0 aromatic heterocycles. The van der Waals surface area contributed by atoms with Gasteiger partial charge in [-0.25, -0.2) is 0 Å². The molecule has 25 heteroatoms. The van der Waals surface area contributed by atoms with E-state index in [-0.39, 0.29) is 5.57 Å². The fourth-order valence-corrected chi connectivity index (χ4v) is 2.54. The van der Waals surface area contributed by atoms with Gasteiger partial charge in [0.25, 0.3) is 0 Å². The van der Waals surface area contributed by atoms with Crippen LogP contribution in [-0.2, 0) is 9.53 Å². The second-order valence-electron chi connectivity index (χ2n) is 8.48. The molecule has 0 saturated heterocycles. The molecule has 0 radical (unpaired) electrons. The van der Waals surface area contributed by atoms with Crippen LogP contribution in [0.3, 0.4) is 0 Å². The maximum Gasteiger partial charge on any atom is 0.460 e. The van der Waals surface area contributed by atoms with E-state index in [1.165, 1.54) is 0 Å². The highest BCUT2D eigenvalue weighted by molar-refractivity contribution is 5.72. The van der Waals surface area contributed by atoms with Crippen LogP contribution in [0.1, 0.15) is 19.8 Å². The molecule has 0 unspecified atom stereocenters. The molecule has 2 nitrogen and oxygen atoms in total. The Morgan fingerprint density at radius 2 is 0.744 bits per heavy atom. The second-order valence-corrected chi connectivity index (χ2v) is 8.48. The van der Waals surface area contributed by atoms with Crippen LogP contribution in [0.15, 0.2) is 12.2 Å². The first-order valence-corrected chi connectivity index (χ1v) is 9.96. The third-order valence-electron chi connectivity index (χ3n) is 5.10. The smallest absolute Gasteiger partial charge is 0.460 e. The Kier molecular flexibility index (Phi) is 10.3. The highest BCUT2D eigenvalue weighted by Crippen LogP contribution is 2.67. The van der Waals surface area contributed by atoms with Gasteiger partial charge in [-0.1, -0.05) is 12.2 Å². The molecule has 0 aliphatic heterocycles. The van der Waals surface area contributed by atoms with E-state index < -0.39 is 90.8 Å². The van der Waals surface area contributed by atoms with Gasteiger partial charge in [0, 0.05) is 0 Å². The molecule has 0 aromatic carbocycles. The molecule has 0 bridgehead atoms. The average Bonchev–Trinajstić information content (AvgIpc) is 2.76. The van der Waals surface area contributed by atoms with E-state index >= 15 is 0 Å². The molecule has 256 valence electrons. The fraction of sp³-hybridized carbons (Fsp3) is 0.833. The number of rotatable bonds is 14. The van der Waals surface area contributed by atoms with Crippen molar-refractivity contribution in [2.24, 2.45) is 0 Å². The summed E-state index contributed by atoms with van der Waals surface area (Å²) < 4.78 is 310. The number of carbonyl (C=O) groups is 1. The number of esters is 1. The van der Waals surface area contributed by atoms with Crippen molar-refractivity contribution in [3.63, 3.8) is 0 Å². The molecular weight excluding hydrogens is 685 g/mol. The molecule has 0 amide bonds. The van der Waals surface area contributed by atoms with Crippen LogP contribution in [-0.4, -0.2) is 78.0 Å². The van der Waals surface area contributed by atoms with Crippen molar-refractivity contribution in [1.29, 1.82) is 0 Å². The summed E-state index contributed by atoms with van der Waals surface area (Å²) in [4.78, 5) is 11.1. The Balaban J connectivity index is 6.86. The van der Waals surface area contributed by atoms with Crippen molar-refractivity contribution in [2.45, 2.75) is 85.2 Å². The lowest BCUT2D eigenvalue weighted by Crippen LogP contribution is -2.77. The lowest BCUT2D eigenvalue weighted by Gasteiger charge is -2.45. The third kappa shape index (κ3) is 5.76. The van der Waals surface area contributed by atoms with E-state index in [0.717, 1.165) is 6.92 Å². The standard InChI is InChI=1S/C18H11F23O2/c1-6(2)5-7(42)43-4-3-8(19,20)9(21,22)10(23,24)11(25,26)12(27,28)13(29,30)14(31,32)15(33,34)16(35,36)17(37,38)18(39,40)41/h1,3-5H2,2H3. The Bertz CT molecular complexity index is 1040. The highest BCUT2D eigenvalue weighted by atomic mass is 19.4. The first-order chi connectivity index (χ1) is 18.3. The molecule has 0 spiro atoms. The summed E-state index contributed by atoms with van der Waals surface area (Å²) in [6, 6.07) is 0. The normalized spacial score (nSPS) is 15.9. The molecule has 0 rings (SSSR count). The summed E-state index contributed by atoms with van der Waals surface area (Å²) in [5, 5.41) is 0. The molecule has 0 fully saturated rings. The topological polar surface area (TPSA) is 26.3 Å². The van der Waals surface area contributed by atoms with Crippen LogP contribution in [0.2, 0.25) is 0 Å². The second kappa shape index (κ2) is 10.9. The van der Waals surface area contributed by atoms with Crippen molar-refractivity contribution in [3.05, 3.63) is 12.2 Å². The monoisotopic (exact) mass is 696 g/mol. The minimum atomic E-state index is -9.44. The molecule has 43 heavy (non-hydrogen) atoms. The first-order valence-electron chi connectivity index (χ1n) is 9.96. The van der Waals surface area contributed by atoms with Gasteiger partial charge in [-0.05, 0) is 6.92 Å². The summed E-state index contributed by atoms with van der Waals surface area (Å²) >= 11 is 0. The number of ether oxygens (including phenoxy) is 1. The van der Waals surface area contributed by atoms with Crippen molar-refractivity contribution < 1.29 is 111 Å². The Morgan fingerprint density at radius 3 is 1.00 bits per heavy atom. The Morgan fingerprint density at radius 1 is 0.488 bits per heavy atom. The van der Waals surface area contributed by atoms with E-state index in [4.69, 9.17) is 0 Å². The van der Waals surface area contributed by atoms with Crippen LogP contribution >= 0.6 is 0 Å². The van der Waals surface area contributed by atoms with E-state index in [1.807, 2.05) is 0 Å². The molecule has 0 aliphatic carbocycles. The quantitative estimate of drug-likeness (QED) is 0.103. The fourth-order valence-electron chi connectivity index (χ4n) is 2.54. The van der Waals surface area contributed by atoms with Crippen LogP contribution in [0.25, 0.3) is 0 Å². The van der Waals surface area contributed by atoms with Gasteiger partial charge in [0.15, 0.2) is 0 Å². The lowest BCUT2D eigenvalue weighted by atomic mass is 9.85. The van der Waals surface area contributed by atoms with Crippen molar-refractivity contribution >= 4 is 5.97 Å². The van der Waals surface area contributed by atoms with Crippen LogP contribution in [0.5, 0.6) is 0 Å². The number of carbonyl (C=O) groups excluding carboxylic acids is 1. The molecule has 0 atom stereocenters. The molecule has 0 heterocycles. The lowest BCUT2D eigenvalue weighted by molar-refractivity contribution is -0.478. The van der Waals surface area contributed by atoms with Gasteiger partial charge in [-0.2, -0.15) is 101 Å². The summed E-state index contributed by atoms with van der Waals surface area (Å²) in [5.74, 6) is -89.7. The molecule has 0 aromatic rings. The summed E-state index contributed by atoms with van der Waals surface area (Å²) in [6.45, 7) is 1.94. The van der Waals surface area contributed by atoms with Crippen LogP contribution < -0.4 is 0 Å². The number of halogens is 23. The molecule has 0 N–H and O–H groups in total. The SMILES string of the molecule is C=C(C)CC(=O)OCCC(F)(F)C(F)(F)C(F)(F)C(F)(F)C(F)(F)C(F)(F)C(F)(F)C(F)(F)C(F)(F)C(F)(F)C(F)(F)F. The van der Waals surface area contributed by atoms with Crippen molar-refractivity contribution in [2.75, 3.05) is 6.61 Å². The number of hydrogen-bond acceptors (Lipinski definition) is 2. The largest absolute Gasteiger partial charge is 0.465 e. The minimum absolute atomic E-state index is 0.126. The highest BCUT2D eigenvalue weighted by Gasteiger charge is 2.98. The molecule has 0 saturated carbocycles. The summed E-state index contributed by atoms with van der Waals surface area (Å²) in [5.41, 5.74) is -0.126. The van der Waals surface area contributed by atoms with Gasteiger partial charge < -0.3 is 4.74 Å². The van der Waals surface area contributed by atoms with Crippen LogP contribution in [0, 0.1) is 0 Å². The predicted molar refractivity (Wildman–Crippen MR) is 90.5 cm³/mol. The zero-order chi connectivity index (χ0) is 35.5. The molecular formula is C18H11F23O2. The summed E-state index contributed by atoms with van der Waals surface area (Å²) in [6.07, 6.45) is -12.1. The van der Waals surface area contributed by atoms with E-state index in [2.05, 4.69) is 11.3 Å². The third-order valence-corrected chi connectivity index (χ3v) is 5.10. The zero-order valence-electron chi connectivity index (χ0n) is 19.8.